The smallest absolute Gasteiger partial charge is 0.412 e. The number of carbonyl (C=O) groups excluding carboxylic acids is 1. The van der Waals surface area contributed by atoms with Crippen molar-refractivity contribution in [1.29, 1.82) is 0 Å². The fourth-order valence-corrected chi connectivity index (χ4v) is 4.09. The van der Waals surface area contributed by atoms with Gasteiger partial charge in [0.25, 0.3) is 0 Å². The summed E-state index contributed by atoms with van der Waals surface area (Å²) in [5.74, 6) is 0. The summed E-state index contributed by atoms with van der Waals surface area (Å²) in [7, 11) is 0. The number of anilines is 1. The van der Waals surface area contributed by atoms with Crippen LogP contribution in [-0.4, -0.2) is 20.6 Å². The van der Waals surface area contributed by atoms with Crippen LogP contribution in [0, 0.1) is 13.8 Å². The van der Waals surface area contributed by atoms with Crippen molar-refractivity contribution in [3.05, 3.63) is 65.6 Å². The average molecular weight is 407 g/mol. The normalized spacial score (nSPS) is 11.0. The maximum atomic E-state index is 12.3. The molecule has 1 N–H and O–H groups in total. The van der Waals surface area contributed by atoms with E-state index in [0.717, 1.165) is 39.4 Å². The van der Waals surface area contributed by atoms with E-state index in [9.17, 15) is 4.79 Å². The number of aromatic nitrogens is 3. The molecule has 148 valence electrons. The molecule has 0 aliphatic carbocycles. The van der Waals surface area contributed by atoms with Crippen LogP contribution in [0.5, 0.6) is 0 Å². The SMILES string of the molecule is CCn1cnc2cc(COC(=O)Nc3sc(-c4cccc(C)c4)nc3C)ccc21. The van der Waals surface area contributed by atoms with Gasteiger partial charge in [0.1, 0.15) is 16.6 Å². The molecule has 0 saturated carbocycles. The number of hydrogen-bond donors (Lipinski definition) is 1. The summed E-state index contributed by atoms with van der Waals surface area (Å²) in [4.78, 5) is 21.2. The zero-order valence-electron chi connectivity index (χ0n) is 16.6. The van der Waals surface area contributed by atoms with E-state index in [0.29, 0.717) is 5.00 Å². The molecule has 29 heavy (non-hydrogen) atoms. The summed E-state index contributed by atoms with van der Waals surface area (Å²) in [5.41, 5.74) is 5.86. The molecule has 4 rings (SSSR count). The minimum Gasteiger partial charge on any atom is -0.444 e. The molecule has 0 radical (unpaired) electrons. The third-order valence-corrected chi connectivity index (χ3v) is 5.80. The molecular weight excluding hydrogens is 384 g/mol. The summed E-state index contributed by atoms with van der Waals surface area (Å²) in [6.45, 7) is 7.05. The van der Waals surface area contributed by atoms with Crippen LogP contribution in [0.2, 0.25) is 0 Å². The number of rotatable bonds is 5. The molecule has 0 bridgehead atoms. The molecule has 0 fully saturated rings. The Labute approximate surface area is 173 Å². The quantitative estimate of drug-likeness (QED) is 0.472. The van der Waals surface area contributed by atoms with Gasteiger partial charge < -0.3 is 9.30 Å². The number of amides is 1. The summed E-state index contributed by atoms with van der Waals surface area (Å²) in [5, 5.41) is 4.38. The zero-order chi connectivity index (χ0) is 20.4. The number of aryl methyl sites for hydroxylation is 3. The van der Waals surface area contributed by atoms with Gasteiger partial charge in [0.05, 0.1) is 23.1 Å². The van der Waals surface area contributed by atoms with Crippen LogP contribution >= 0.6 is 11.3 Å². The Bertz CT molecular complexity index is 1180. The van der Waals surface area contributed by atoms with Crippen molar-refractivity contribution in [2.75, 3.05) is 5.32 Å². The van der Waals surface area contributed by atoms with Crippen LogP contribution in [0.25, 0.3) is 21.6 Å². The van der Waals surface area contributed by atoms with Crippen LogP contribution in [0.15, 0.2) is 48.8 Å². The lowest BCUT2D eigenvalue weighted by Gasteiger charge is -2.06. The summed E-state index contributed by atoms with van der Waals surface area (Å²) >= 11 is 1.44. The molecule has 0 unspecified atom stereocenters. The number of fused-ring (bicyclic) bond motifs is 1. The highest BCUT2D eigenvalue weighted by Crippen LogP contribution is 2.32. The largest absolute Gasteiger partial charge is 0.444 e. The first kappa shape index (κ1) is 19.1. The average Bonchev–Trinajstić information content (AvgIpc) is 3.29. The highest BCUT2D eigenvalue weighted by Gasteiger charge is 2.13. The topological polar surface area (TPSA) is 69.0 Å². The number of carbonyl (C=O) groups is 1. The molecule has 2 aromatic heterocycles. The van der Waals surface area contributed by atoms with Crippen LogP contribution in [0.4, 0.5) is 9.80 Å². The Balaban J connectivity index is 1.41. The Hall–Kier alpha value is -3.19. The van der Waals surface area contributed by atoms with Crippen LogP contribution in [0.3, 0.4) is 0 Å². The lowest BCUT2D eigenvalue weighted by molar-refractivity contribution is 0.155. The van der Waals surface area contributed by atoms with Crippen molar-refractivity contribution in [3.63, 3.8) is 0 Å². The predicted octanol–water partition coefficient (Wildman–Crippen LogP) is 5.55. The maximum Gasteiger partial charge on any atom is 0.412 e. The molecule has 2 heterocycles. The van der Waals surface area contributed by atoms with Gasteiger partial charge in [-0.3, -0.25) is 5.32 Å². The summed E-state index contributed by atoms with van der Waals surface area (Å²) < 4.78 is 7.47. The molecule has 0 aliphatic rings. The molecule has 4 aromatic rings. The van der Waals surface area contributed by atoms with E-state index in [1.165, 1.54) is 16.9 Å². The summed E-state index contributed by atoms with van der Waals surface area (Å²) in [6.07, 6.45) is 1.33. The van der Waals surface area contributed by atoms with E-state index in [2.05, 4.69) is 32.8 Å². The zero-order valence-corrected chi connectivity index (χ0v) is 17.4. The maximum absolute atomic E-state index is 12.3. The van der Waals surface area contributed by atoms with E-state index < -0.39 is 6.09 Å². The number of nitrogens with one attached hydrogen (secondary N) is 1. The van der Waals surface area contributed by atoms with E-state index in [1.807, 2.05) is 56.6 Å². The Morgan fingerprint density at radius 3 is 2.86 bits per heavy atom. The first-order chi connectivity index (χ1) is 14.0. The minimum absolute atomic E-state index is 0.184. The van der Waals surface area contributed by atoms with Gasteiger partial charge in [0, 0.05) is 12.1 Å². The predicted molar refractivity (Wildman–Crippen MR) is 116 cm³/mol. The third kappa shape index (κ3) is 4.14. The molecule has 0 spiro atoms. The van der Waals surface area contributed by atoms with Gasteiger partial charge in [-0.1, -0.05) is 41.2 Å². The van der Waals surface area contributed by atoms with Gasteiger partial charge in [-0.05, 0) is 44.5 Å². The van der Waals surface area contributed by atoms with Crippen molar-refractivity contribution in [1.82, 2.24) is 14.5 Å². The monoisotopic (exact) mass is 406 g/mol. The standard InChI is InChI=1S/C22H22N4O2S/c1-4-26-13-23-18-11-16(8-9-19(18)26)12-28-22(27)25-20-15(3)24-21(29-20)17-7-5-6-14(2)10-17/h5-11,13H,4,12H2,1-3H3,(H,25,27). The second kappa shape index (κ2) is 8.05. The van der Waals surface area contributed by atoms with Crippen molar-refractivity contribution >= 4 is 33.5 Å². The second-order valence-corrected chi connectivity index (χ2v) is 7.86. The van der Waals surface area contributed by atoms with Gasteiger partial charge in [-0.25, -0.2) is 14.8 Å². The molecule has 7 heteroatoms. The first-order valence-electron chi connectivity index (χ1n) is 9.45. The number of ether oxygens (including phenoxy) is 1. The fourth-order valence-electron chi connectivity index (χ4n) is 3.14. The van der Waals surface area contributed by atoms with Crippen molar-refractivity contribution in [2.24, 2.45) is 0 Å². The third-order valence-electron chi connectivity index (χ3n) is 4.67. The van der Waals surface area contributed by atoms with E-state index >= 15 is 0 Å². The fraction of sp³-hybridized carbons (Fsp3) is 0.227. The number of nitrogens with zero attached hydrogens (tertiary/aromatic N) is 3. The van der Waals surface area contributed by atoms with Gasteiger partial charge in [0.15, 0.2) is 0 Å². The molecule has 6 nitrogen and oxygen atoms in total. The van der Waals surface area contributed by atoms with Gasteiger partial charge in [-0.15, -0.1) is 0 Å². The van der Waals surface area contributed by atoms with Gasteiger partial charge in [0.2, 0.25) is 0 Å². The highest BCUT2D eigenvalue weighted by molar-refractivity contribution is 7.19. The Morgan fingerprint density at radius 1 is 1.21 bits per heavy atom. The van der Waals surface area contributed by atoms with Gasteiger partial charge >= 0.3 is 6.09 Å². The molecule has 0 saturated heterocycles. The number of benzene rings is 2. The lowest BCUT2D eigenvalue weighted by Crippen LogP contribution is -2.13. The number of thiazole rings is 1. The number of imidazole rings is 1. The molecule has 2 aromatic carbocycles. The van der Waals surface area contributed by atoms with Crippen LogP contribution in [0.1, 0.15) is 23.7 Å². The Morgan fingerprint density at radius 2 is 2.07 bits per heavy atom. The second-order valence-electron chi connectivity index (χ2n) is 6.86. The minimum atomic E-state index is -0.494. The van der Waals surface area contributed by atoms with Crippen molar-refractivity contribution in [2.45, 2.75) is 33.9 Å². The van der Waals surface area contributed by atoms with Crippen molar-refractivity contribution in [3.8, 4) is 10.6 Å². The van der Waals surface area contributed by atoms with Crippen LogP contribution < -0.4 is 5.32 Å². The summed E-state index contributed by atoms with van der Waals surface area (Å²) in [6, 6.07) is 14.1. The van der Waals surface area contributed by atoms with Crippen molar-refractivity contribution < 1.29 is 9.53 Å². The highest BCUT2D eigenvalue weighted by atomic mass is 32.1. The van der Waals surface area contributed by atoms with Gasteiger partial charge in [-0.2, -0.15) is 0 Å². The lowest BCUT2D eigenvalue weighted by atomic mass is 10.1. The molecule has 0 aliphatic heterocycles. The number of hydrogen-bond acceptors (Lipinski definition) is 5. The molecule has 1 amide bonds. The first-order valence-corrected chi connectivity index (χ1v) is 10.3. The van der Waals surface area contributed by atoms with E-state index in [-0.39, 0.29) is 6.61 Å². The van der Waals surface area contributed by atoms with E-state index in [4.69, 9.17) is 4.74 Å². The molecular formula is C22H22N4O2S. The Kier molecular flexibility index (Phi) is 5.31. The van der Waals surface area contributed by atoms with E-state index in [1.54, 1.807) is 0 Å². The van der Waals surface area contributed by atoms with Crippen LogP contribution in [-0.2, 0) is 17.9 Å². The molecule has 0 atom stereocenters.